The van der Waals surface area contributed by atoms with Crippen LogP contribution >= 0.6 is 22.9 Å². The Morgan fingerprint density at radius 3 is 3.00 bits per heavy atom. The predicted octanol–water partition coefficient (Wildman–Crippen LogP) is 4.29. The number of amides is 1. The third-order valence-corrected chi connectivity index (χ3v) is 4.33. The van der Waals surface area contributed by atoms with Gasteiger partial charge in [-0.05, 0) is 53.7 Å². The van der Waals surface area contributed by atoms with E-state index in [0.717, 1.165) is 6.20 Å². The van der Waals surface area contributed by atoms with E-state index in [0.29, 0.717) is 22.8 Å². The van der Waals surface area contributed by atoms with Crippen LogP contribution < -0.4 is 14.9 Å². The van der Waals surface area contributed by atoms with Gasteiger partial charge in [-0.25, -0.2) is 10.4 Å². The van der Waals surface area contributed by atoms with E-state index < -0.39 is 5.82 Å². The summed E-state index contributed by atoms with van der Waals surface area (Å²) >= 11 is 7.00. The van der Waals surface area contributed by atoms with Crippen LogP contribution in [0.3, 0.4) is 0 Å². The molecule has 0 aliphatic heterocycles. The Morgan fingerprint density at radius 1 is 1.39 bits per heavy atom. The molecule has 0 unspecified atom stereocenters. The van der Waals surface area contributed by atoms with Gasteiger partial charge in [-0.15, -0.1) is 11.3 Å². The van der Waals surface area contributed by atoms with E-state index in [2.05, 4.69) is 20.5 Å². The standard InChI is InChI=1S/C18H14ClFN4O3S/c1-2-26-14-8-11(9-22-24-16(25)15-4-3-7-28-15)5-6-13(14)27-17-12(20)10-21-18(19)23-17/h3-10H,2H2,1H3,(H,24,25). The zero-order chi connectivity index (χ0) is 19.9. The number of nitrogens with zero attached hydrogens (tertiary/aromatic N) is 3. The maximum Gasteiger partial charge on any atom is 0.281 e. The maximum absolute atomic E-state index is 13.8. The third-order valence-electron chi connectivity index (χ3n) is 3.28. The highest BCUT2D eigenvalue weighted by molar-refractivity contribution is 7.12. The Bertz CT molecular complexity index is 999. The summed E-state index contributed by atoms with van der Waals surface area (Å²) in [5.74, 6) is -0.771. The topological polar surface area (TPSA) is 85.7 Å². The summed E-state index contributed by atoms with van der Waals surface area (Å²) in [6.45, 7) is 2.16. The minimum atomic E-state index is -0.756. The van der Waals surface area contributed by atoms with Crippen molar-refractivity contribution in [2.45, 2.75) is 6.92 Å². The van der Waals surface area contributed by atoms with Gasteiger partial charge in [0, 0.05) is 0 Å². The number of benzene rings is 1. The van der Waals surface area contributed by atoms with Crippen LogP contribution in [-0.4, -0.2) is 28.7 Å². The van der Waals surface area contributed by atoms with E-state index in [-0.39, 0.29) is 22.8 Å². The fourth-order valence-corrected chi connectivity index (χ4v) is 2.83. The monoisotopic (exact) mass is 420 g/mol. The van der Waals surface area contributed by atoms with Crippen LogP contribution in [0.5, 0.6) is 17.4 Å². The Balaban J connectivity index is 1.75. The molecule has 0 bridgehead atoms. The molecule has 0 fully saturated rings. The van der Waals surface area contributed by atoms with Crippen LogP contribution in [0.4, 0.5) is 4.39 Å². The molecule has 144 valence electrons. The highest BCUT2D eigenvalue weighted by Crippen LogP contribution is 2.32. The van der Waals surface area contributed by atoms with E-state index in [1.54, 1.807) is 42.6 Å². The molecular weight excluding hydrogens is 407 g/mol. The van der Waals surface area contributed by atoms with Gasteiger partial charge < -0.3 is 9.47 Å². The van der Waals surface area contributed by atoms with E-state index in [1.165, 1.54) is 17.6 Å². The Kier molecular flexibility index (Phi) is 6.51. The van der Waals surface area contributed by atoms with Crippen molar-refractivity contribution in [3.05, 3.63) is 63.5 Å². The summed E-state index contributed by atoms with van der Waals surface area (Å²) < 4.78 is 24.8. The molecule has 0 radical (unpaired) electrons. The van der Waals surface area contributed by atoms with Crippen LogP contribution in [0.25, 0.3) is 0 Å². The molecule has 0 saturated carbocycles. The third kappa shape index (κ3) is 5.02. The van der Waals surface area contributed by atoms with Crippen molar-refractivity contribution < 1.29 is 18.7 Å². The van der Waals surface area contributed by atoms with Gasteiger partial charge in [0.25, 0.3) is 11.8 Å². The average Bonchev–Trinajstić information content (AvgIpc) is 3.21. The number of thiophene rings is 1. The summed E-state index contributed by atoms with van der Waals surface area (Å²) in [5.41, 5.74) is 3.08. The van der Waals surface area contributed by atoms with Gasteiger partial charge in [-0.2, -0.15) is 14.5 Å². The first-order chi connectivity index (χ1) is 13.6. The lowest BCUT2D eigenvalue weighted by atomic mass is 10.2. The van der Waals surface area contributed by atoms with Crippen LogP contribution in [0.15, 0.2) is 47.0 Å². The lowest BCUT2D eigenvalue weighted by molar-refractivity contribution is 0.0959. The molecule has 0 aliphatic rings. The number of aromatic nitrogens is 2. The van der Waals surface area contributed by atoms with Crippen molar-refractivity contribution in [3.8, 4) is 17.4 Å². The minimum absolute atomic E-state index is 0.139. The number of hydrazone groups is 1. The van der Waals surface area contributed by atoms with Crippen molar-refractivity contribution in [3.63, 3.8) is 0 Å². The number of hydrogen-bond acceptors (Lipinski definition) is 7. The SMILES string of the molecule is CCOc1cc(C=NNC(=O)c2cccs2)ccc1Oc1nc(Cl)ncc1F. The fourth-order valence-electron chi connectivity index (χ4n) is 2.09. The molecule has 1 amide bonds. The lowest BCUT2D eigenvalue weighted by Gasteiger charge is -2.12. The van der Waals surface area contributed by atoms with Gasteiger partial charge in [0.2, 0.25) is 11.1 Å². The van der Waals surface area contributed by atoms with Crippen molar-refractivity contribution >= 4 is 35.1 Å². The molecule has 0 aliphatic carbocycles. The molecule has 7 nitrogen and oxygen atoms in total. The summed E-state index contributed by atoms with van der Waals surface area (Å²) in [6, 6.07) is 8.36. The fraction of sp³-hybridized carbons (Fsp3) is 0.111. The molecule has 0 saturated heterocycles. The van der Waals surface area contributed by atoms with Gasteiger partial charge in [-0.3, -0.25) is 4.79 Å². The average molecular weight is 421 g/mol. The smallest absolute Gasteiger partial charge is 0.281 e. The van der Waals surface area contributed by atoms with E-state index >= 15 is 0 Å². The number of halogens is 2. The second-order valence-electron chi connectivity index (χ2n) is 5.21. The molecule has 2 heterocycles. The Labute approximate surface area is 168 Å². The Hall–Kier alpha value is -3.04. The first kappa shape index (κ1) is 19.7. The van der Waals surface area contributed by atoms with Crippen LogP contribution in [0.1, 0.15) is 22.2 Å². The minimum Gasteiger partial charge on any atom is -0.490 e. The van der Waals surface area contributed by atoms with E-state index in [9.17, 15) is 9.18 Å². The molecule has 3 rings (SSSR count). The van der Waals surface area contributed by atoms with Crippen molar-refractivity contribution in [1.29, 1.82) is 0 Å². The van der Waals surface area contributed by atoms with E-state index in [1.807, 2.05) is 0 Å². The quantitative estimate of drug-likeness (QED) is 0.350. The zero-order valence-corrected chi connectivity index (χ0v) is 16.1. The molecule has 1 aromatic carbocycles. The molecule has 1 N–H and O–H groups in total. The highest BCUT2D eigenvalue weighted by atomic mass is 35.5. The number of ether oxygens (including phenoxy) is 2. The van der Waals surface area contributed by atoms with Crippen molar-refractivity contribution in [2.24, 2.45) is 5.10 Å². The van der Waals surface area contributed by atoms with Gasteiger partial charge >= 0.3 is 0 Å². The number of hydrogen-bond donors (Lipinski definition) is 1. The molecule has 2 aromatic heterocycles. The first-order valence-electron chi connectivity index (χ1n) is 8.06. The van der Waals surface area contributed by atoms with Crippen LogP contribution in [-0.2, 0) is 0 Å². The van der Waals surface area contributed by atoms with Gasteiger partial charge in [-0.1, -0.05) is 6.07 Å². The molecule has 0 spiro atoms. The normalized spacial score (nSPS) is 10.8. The predicted molar refractivity (Wildman–Crippen MR) is 104 cm³/mol. The van der Waals surface area contributed by atoms with Crippen molar-refractivity contribution in [1.82, 2.24) is 15.4 Å². The van der Waals surface area contributed by atoms with Crippen molar-refractivity contribution in [2.75, 3.05) is 6.61 Å². The summed E-state index contributed by atoms with van der Waals surface area (Å²) in [7, 11) is 0. The highest BCUT2D eigenvalue weighted by Gasteiger charge is 2.13. The Morgan fingerprint density at radius 2 is 2.25 bits per heavy atom. The van der Waals surface area contributed by atoms with Crippen LogP contribution in [0, 0.1) is 5.82 Å². The number of nitrogens with one attached hydrogen (secondary N) is 1. The molecular formula is C18H14ClFN4O3S. The van der Waals surface area contributed by atoms with Gasteiger partial charge in [0.1, 0.15) is 0 Å². The summed E-state index contributed by atoms with van der Waals surface area (Å²) in [4.78, 5) is 19.7. The first-order valence-corrected chi connectivity index (χ1v) is 9.32. The molecule has 28 heavy (non-hydrogen) atoms. The second-order valence-corrected chi connectivity index (χ2v) is 6.50. The largest absolute Gasteiger partial charge is 0.490 e. The lowest BCUT2D eigenvalue weighted by Crippen LogP contribution is -2.16. The summed E-state index contributed by atoms with van der Waals surface area (Å²) in [5, 5.41) is 5.59. The molecule has 3 aromatic rings. The number of carbonyl (C=O) groups is 1. The maximum atomic E-state index is 13.8. The summed E-state index contributed by atoms with van der Waals surface area (Å²) in [6.07, 6.45) is 2.38. The molecule has 0 atom stereocenters. The van der Waals surface area contributed by atoms with Crippen LogP contribution in [0.2, 0.25) is 5.28 Å². The number of rotatable bonds is 7. The van der Waals surface area contributed by atoms with Gasteiger partial charge in [0.15, 0.2) is 11.5 Å². The van der Waals surface area contributed by atoms with Gasteiger partial charge in [0.05, 0.1) is 23.9 Å². The molecule has 10 heteroatoms. The zero-order valence-electron chi connectivity index (χ0n) is 14.6. The van der Waals surface area contributed by atoms with E-state index in [4.69, 9.17) is 21.1 Å². The second kappa shape index (κ2) is 9.25. The number of carbonyl (C=O) groups excluding carboxylic acids is 1.